The van der Waals surface area contributed by atoms with E-state index < -0.39 is 20.9 Å². The lowest BCUT2D eigenvalue weighted by atomic mass is 10.2. The number of ether oxygens (including phenoxy) is 3. The lowest BCUT2D eigenvalue weighted by Gasteiger charge is -2.28. The van der Waals surface area contributed by atoms with Crippen LogP contribution in [-0.4, -0.2) is 67.6 Å². The van der Waals surface area contributed by atoms with Crippen LogP contribution in [0.4, 0.5) is 4.79 Å². The number of carbonyl (C=O) groups is 2. The van der Waals surface area contributed by atoms with Crippen molar-refractivity contribution in [2.75, 3.05) is 46.7 Å². The average molecular weight is 526 g/mol. The van der Waals surface area contributed by atoms with Gasteiger partial charge in [0.2, 0.25) is 0 Å². The van der Waals surface area contributed by atoms with Crippen LogP contribution < -0.4 is 10.1 Å². The number of methoxy groups -OCH3 is 1. The lowest BCUT2D eigenvalue weighted by Crippen LogP contribution is -2.46. The molecule has 0 heterocycles. The molecular weight excluding hydrogens is 482 g/mol. The molecule has 10 heteroatoms. The number of rotatable bonds is 20. The minimum Gasteiger partial charge on any atom is -0.494 e. The Morgan fingerprint density at radius 3 is 2.22 bits per heavy atom. The van der Waals surface area contributed by atoms with Crippen LogP contribution in [0, 0.1) is 0 Å². The van der Waals surface area contributed by atoms with Gasteiger partial charge in [-0.3, -0.25) is 0 Å². The first-order valence-corrected chi connectivity index (χ1v) is 14.7. The maximum atomic E-state index is 11.9. The number of amides is 1. The smallest absolute Gasteiger partial charge is 0.494 e. The Balaban J connectivity index is 2.12. The van der Waals surface area contributed by atoms with Gasteiger partial charge in [-0.25, -0.2) is 9.59 Å². The van der Waals surface area contributed by atoms with Crippen LogP contribution in [0.1, 0.15) is 58.4 Å². The van der Waals surface area contributed by atoms with E-state index >= 15 is 0 Å². The van der Waals surface area contributed by atoms with Crippen molar-refractivity contribution in [3.8, 4) is 5.75 Å². The fraction of sp³-hybridized carbons (Fsp3) is 0.615. The van der Waals surface area contributed by atoms with Gasteiger partial charge in [-0.05, 0) is 76.6 Å². The third kappa shape index (κ3) is 14.2. The van der Waals surface area contributed by atoms with Crippen molar-refractivity contribution in [3.63, 3.8) is 0 Å². The largest absolute Gasteiger partial charge is 0.500 e. The first-order chi connectivity index (χ1) is 17.5. The topological polar surface area (TPSA) is 102 Å². The van der Waals surface area contributed by atoms with Gasteiger partial charge in [0.05, 0.1) is 20.3 Å². The SMILES string of the molecule is CCO[Si](CCCNC(=O)OCCCCCCOc1cccc(C=CC(=O)OC)c1)(OCC)OCC. The molecular formula is C26H43NO8Si. The molecule has 1 N–H and O–H groups in total. The molecule has 36 heavy (non-hydrogen) atoms. The Hall–Kier alpha value is -2.40. The van der Waals surface area contributed by atoms with E-state index in [-0.39, 0.29) is 0 Å². The van der Waals surface area contributed by atoms with Crippen LogP contribution in [0.5, 0.6) is 5.75 Å². The van der Waals surface area contributed by atoms with E-state index in [1.54, 1.807) is 6.08 Å². The number of alkyl carbamates (subject to hydrolysis) is 1. The second-order valence-corrected chi connectivity index (χ2v) is 10.6. The van der Waals surface area contributed by atoms with Crippen molar-refractivity contribution >= 4 is 26.9 Å². The van der Waals surface area contributed by atoms with Crippen molar-refractivity contribution < 1.29 is 37.1 Å². The zero-order valence-corrected chi connectivity index (χ0v) is 23.2. The highest BCUT2D eigenvalue weighted by Gasteiger charge is 2.39. The van der Waals surface area contributed by atoms with E-state index in [0.29, 0.717) is 52.0 Å². The van der Waals surface area contributed by atoms with Crippen molar-refractivity contribution in [1.82, 2.24) is 5.32 Å². The average Bonchev–Trinajstić information content (AvgIpc) is 2.87. The van der Waals surface area contributed by atoms with Gasteiger partial charge in [-0.1, -0.05) is 12.1 Å². The molecule has 0 atom stereocenters. The molecule has 0 aliphatic rings. The van der Waals surface area contributed by atoms with Crippen LogP contribution in [-0.2, 0) is 27.5 Å². The van der Waals surface area contributed by atoms with Crippen LogP contribution in [0.25, 0.3) is 6.08 Å². The van der Waals surface area contributed by atoms with Crippen LogP contribution in [0.3, 0.4) is 0 Å². The zero-order chi connectivity index (χ0) is 26.5. The summed E-state index contributed by atoms with van der Waals surface area (Å²) >= 11 is 0. The number of unbranched alkanes of at least 4 members (excludes halogenated alkanes) is 3. The van der Waals surface area contributed by atoms with Crippen LogP contribution >= 0.6 is 0 Å². The molecule has 1 aromatic rings. The van der Waals surface area contributed by atoms with Gasteiger partial charge in [0.25, 0.3) is 0 Å². The molecule has 204 valence electrons. The van der Waals surface area contributed by atoms with E-state index in [2.05, 4.69) is 10.1 Å². The standard InChI is InChI=1S/C26H43NO8Si/c1-5-33-36(34-6-2,35-7-3)21-13-18-27-26(29)32-20-11-9-8-10-19-31-24-15-12-14-23(22-24)16-17-25(28)30-4/h12,14-17,22H,5-11,13,18-21H2,1-4H3,(H,27,29). The number of hydrogen-bond donors (Lipinski definition) is 1. The Morgan fingerprint density at radius 2 is 1.58 bits per heavy atom. The summed E-state index contributed by atoms with van der Waals surface area (Å²) in [6.45, 7) is 8.86. The second kappa shape index (κ2) is 19.7. The fourth-order valence-electron chi connectivity index (χ4n) is 3.40. The molecule has 0 aliphatic heterocycles. The van der Waals surface area contributed by atoms with E-state index in [0.717, 1.165) is 37.0 Å². The summed E-state index contributed by atoms with van der Waals surface area (Å²) in [6.07, 6.45) is 6.99. The molecule has 0 aliphatic carbocycles. The molecule has 1 rings (SSSR count). The Labute approximate surface area is 216 Å². The third-order valence-electron chi connectivity index (χ3n) is 5.03. The zero-order valence-electron chi connectivity index (χ0n) is 22.2. The maximum Gasteiger partial charge on any atom is 0.500 e. The molecule has 0 unspecified atom stereocenters. The van der Waals surface area contributed by atoms with Gasteiger partial charge in [0, 0.05) is 38.5 Å². The molecule has 0 radical (unpaired) electrons. The second-order valence-electron chi connectivity index (χ2n) is 7.84. The van der Waals surface area contributed by atoms with E-state index in [9.17, 15) is 9.59 Å². The molecule has 0 saturated carbocycles. The summed E-state index contributed by atoms with van der Waals surface area (Å²) in [6, 6.07) is 8.18. The number of esters is 1. The van der Waals surface area contributed by atoms with Gasteiger partial charge in [0.15, 0.2) is 0 Å². The molecule has 0 bridgehead atoms. The van der Waals surface area contributed by atoms with E-state index in [1.807, 2.05) is 45.0 Å². The summed E-state index contributed by atoms with van der Waals surface area (Å²) in [7, 11) is -1.33. The van der Waals surface area contributed by atoms with E-state index in [4.69, 9.17) is 22.8 Å². The van der Waals surface area contributed by atoms with Crippen molar-refractivity contribution in [1.29, 1.82) is 0 Å². The summed E-state index contributed by atoms with van der Waals surface area (Å²) < 4.78 is 33.1. The maximum absolute atomic E-state index is 11.9. The summed E-state index contributed by atoms with van der Waals surface area (Å²) in [5.41, 5.74) is 0.868. The van der Waals surface area contributed by atoms with Crippen LogP contribution in [0.2, 0.25) is 6.04 Å². The van der Waals surface area contributed by atoms with Crippen molar-refractivity contribution in [2.45, 2.75) is 58.9 Å². The first-order valence-electron chi connectivity index (χ1n) is 12.8. The Bertz CT molecular complexity index is 757. The monoisotopic (exact) mass is 525 g/mol. The van der Waals surface area contributed by atoms with Gasteiger partial charge < -0.3 is 32.8 Å². The molecule has 1 aromatic carbocycles. The molecule has 0 aromatic heterocycles. The first kappa shape index (κ1) is 31.6. The Kier molecular flexibility index (Phi) is 17.3. The number of nitrogens with one attached hydrogen (secondary N) is 1. The number of benzene rings is 1. The normalized spacial score (nSPS) is 11.4. The summed E-state index contributed by atoms with van der Waals surface area (Å²) in [5.74, 6) is 0.360. The molecule has 0 saturated heterocycles. The predicted octanol–water partition coefficient (Wildman–Crippen LogP) is 4.98. The number of hydrogen-bond acceptors (Lipinski definition) is 8. The minimum atomic E-state index is -2.67. The van der Waals surface area contributed by atoms with Crippen molar-refractivity contribution in [2.24, 2.45) is 0 Å². The van der Waals surface area contributed by atoms with Gasteiger partial charge in [0.1, 0.15) is 5.75 Å². The van der Waals surface area contributed by atoms with Crippen LogP contribution in [0.15, 0.2) is 30.3 Å². The van der Waals surface area contributed by atoms with Crippen molar-refractivity contribution in [3.05, 3.63) is 35.9 Å². The molecule has 9 nitrogen and oxygen atoms in total. The highest BCUT2D eigenvalue weighted by Crippen LogP contribution is 2.18. The van der Waals surface area contributed by atoms with Gasteiger partial charge in [-0.15, -0.1) is 0 Å². The molecule has 0 fully saturated rings. The van der Waals surface area contributed by atoms with E-state index in [1.165, 1.54) is 13.2 Å². The minimum absolute atomic E-state index is 0.386. The molecule has 1 amide bonds. The fourth-order valence-corrected chi connectivity index (χ4v) is 6.01. The molecule has 0 spiro atoms. The summed E-state index contributed by atoms with van der Waals surface area (Å²) in [4.78, 5) is 23.1. The third-order valence-corrected chi connectivity index (χ3v) is 8.18. The van der Waals surface area contributed by atoms with Gasteiger partial charge >= 0.3 is 20.9 Å². The quantitative estimate of drug-likeness (QED) is 0.110. The predicted molar refractivity (Wildman–Crippen MR) is 141 cm³/mol. The van der Waals surface area contributed by atoms with Gasteiger partial charge in [-0.2, -0.15) is 0 Å². The lowest BCUT2D eigenvalue weighted by molar-refractivity contribution is -0.134. The Morgan fingerprint density at radius 1 is 0.917 bits per heavy atom. The highest BCUT2D eigenvalue weighted by molar-refractivity contribution is 6.60. The highest BCUT2D eigenvalue weighted by atomic mass is 28.4. The number of carbonyl (C=O) groups excluding carboxylic acids is 2. The summed E-state index contributed by atoms with van der Waals surface area (Å²) in [5, 5.41) is 2.78.